The summed E-state index contributed by atoms with van der Waals surface area (Å²) in [5.41, 5.74) is 4.94. The van der Waals surface area contributed by atoms with Gasteiger partial charge in [0.25, 0.3) is 16.6 Å². The van der Waals surface area contributed by atoms with Crippen molar-refractivity contribution in [1.82, 2.24) is 0 Å². The van der Waals surface area contributed by atoms with Gasteiger partial charge in [0.2, 0.25) is 0 Å². The zero-order chi connectivity index (χ0) is 29.7. The highest BCUT2D eigenvalue weighted by Gasteiger charge is 2.48. The molecular formula is C38H42O2Si2. The fourth-order valence-electron chi connectivity index (χ4n) is 7.04. The van der Waals surface area contributed by atoms with Crippen molar-refractivity contribution in [3.05, 3.63) is 144 Å². The van der Waals surface area contributed by atoms with Crippen LogP contribution in [0, 0.1) is 0 Å². The molecule has 0 aliphatic rings. The highest BCUT2D eigenvalue weighted by molar-refractivity contribution is 7.09. The Kier molecular flexibility index (Phi) is 9.09. The molecule has 5 aromatic carbocycles. The standard InChI is InChI=1S/C38H42O2Si2/c1-5-33-34(6-2)37(41(39,29-21-13-9-14-22-29)30-23-15-10-16-24-30)36(8-4)38(35(33)7-3)42(40,31-25-17-11-18-26-31)32-27-19-12-20-28-32/h9-28,39-40H,5-8H2,1-4H3. The lowest BCUT2D eigenvalue weighted by Crippen LogP contribution is -2.74. The lowest BCUT2D eigenvalue weighted by Gasteiger charge is -2.39. The van der Waals surface area contributed by atoms with Crippen molar-refractivity contribution in [3.8, 4) is 0 Å². The smallest absolute Gasteiger partial charge is 0.286 e. The van der Waals surface area contributed by atoms with Crippen LogP contribution in [0.1, 0.15) is 49.9 Å². The van der Waals surface area contributed by atoms with Crippen LogP contribution in [0.5, 0.6) is 0 Å². The van der Waals surface area contributed by atoms with E-state index < -0.39 is 16.6 Å². The minimum atomic E-state index is -3.49. The molecule has 0 saturated carbocycles. The normalized spacial score (nSPS) is 12.0. The molecule has 0 radical (unpaired) electrons. The van der Waals surface area contributed by atoms with Gasteiger partial charge in [0, 0.05) is 0 Å². The number of hydrogen-bond donors (Lipinski definition) is 2. The molecule has 5 rings (SSSR count). The molecule has 0 aliphatic heterocycles. The molecule has 0 heterocycles. The summed E-state index contributed by atoms with van der Waals surface area (Å²) in [7, 11) is -6.99. The van der Waals surface area contributed by atoms with Crippen LogP contribution in [0.4, 0.5) is 0 Å². The largest absolute Gasteiger partial charge is 0.421 e. The molecule has 0 spiro atoms. The second-order valence-corrected chi connectivity index (χ2v) is 17.1. The Morgan fingerprint density at radius 3 is 0.810 bits per heavy atom. The molecule has 2 nitrogen and oxygen atoms in total. The quantitative estimate of drug-likeness (QED) is 0.193. The van der Waals surface area contributed by atoms with Crippen LogP contribution in [0.25, 0.3) is 0 Å². The molecule has 0 bridgehead atoms. The van der Waals surface area contributed by atoms with Crippen LogP contribution < -0.4 is 31.1 Å². The average Bonchev–Trinajstić information content (AvgIpc) is 3.07. The SMILES string of the molecule is CCc1c(CC)c([Si](O)(c2ccccc2)c2ccccc2)c(CC)c([Si](O)(c2ccccc2)c2ccccc2)c1CC. The number of rotatable bonds is 10. The van der Waals surface area contributed by atoms with E-state index in [1.807, 2.05) is 72.8 Å². The first-order valence-electron chi connectivity index (χ1n) is 15.3. The van der Waals surface area contributed by atoms with E-state index in [1.54, 1.807) is 0 Å². The van der Waals surface area contributed by atoms with Crippen LogP contribution in [-0.4, -0.2) is 26.2 Å². The lowest BCUT2D eigenvalue weighted by molar-refractivity contribution is 0.580. The van der Waals surface area contributed by atoms with Crippen molar-refractivity contribution in [2.75, 3.05) is 0 Å². The summed E-state index contributed by atoms with van der Waals surface area (Å²) in [6.45, 7) is 8.87. The molecule has 214 valence electrons. The maximum absolute atomic E-state index is 13.4. The Hall–Kier alpha value is -3.55. The zero-order valence-corrected chi connectivity index (χ0v) is 27.3. The van der Waals surface area contributed by atoms with E-state index in [0.717, 1.165) is 62.4 Å². The van der Waals surface area contributed by atoms with E-state index >= 15 is 0 Å². The van der Waals surface area contributed by atoms with Crippen molar-refractivity contribution in [2.24, 2.45) is 0 Å². The molecular weight excluding hydrogens is 545 g/mol. The molecule has 4 heteroatoms. The molecule has 0 atom stereocenters. The van der Waals surface area contributed by atoms with E-state index in [-0.39, 0.29) is 0 Å². The monoisotopic (exact) mass is 586 g/mol. The minimum Gasteiger partial charge on any atom is -0.421 e. The molecule has 0 aromatic heterocycles. The van der Waals surface area contributed by atoms with Crippen LogP contribution in [0.3, 0.4) is 0 Å². The summed E-state index contributed by atoms with van der Waals surface area (Å²) >= 11 is 0. The van der Waals surface area contributed by atoms with Crippen LogP contribution in [0.2, 0.25) is 0 Å². The Bertz CT molecular complexity index is 1420. The fraction of sp³-hybridized carbons (Fsp3) is 0.211. The van der Waals surface area contributed by atoms with E-state index in [2.05, 4.69) is 76.2 Å². The van der Waals surface area contributed by atoms with Gasteiger partial charge in [-0.25, -0.2) is 0 Å². The van der Waals surface area contributed by atoms with Gasteiger partial charge < -0.3 is 9.59 Å². The Morgan fingerprint density at radius 1 is 0.357 bits per heavy atom. The molecule has 0 unspecified atom stereocenters. The third-order valence-electron chi connectivity index (χ3n) is 8.84. The molecule has 0 amide bonds. The first-order valence-corrected chi connectivity index (χ1v) is 19.2. The van der Waals surface area contributed by atoms with Gasteiger partial charge in [0.05, 0.1) is 0 Å². The first-order chi connectivity index (χ1) is 20.5. The predicted octanol–water partition coefficient (Wildman–Crippen LogP) is 3.85. The van der Waals surface area contributed by atoms with Crippen molar-refractivity contribution in [3.63, 3.8) is 0 Å². The van der Waals surface area contributed by atoms with E-state index in [1.165, 1.54) is 16.7 Å². The summed E-state index contributed by atoms with van der Waals surface area (Å²) < 4.78 is 0. The number of hydrogen-bond acceptors (Lipinski definition) is 2. The Balaban J connectivity index is 2.04. The van der Waals surface area contributed by atoms with Crippen molar-refractivity contribution < 1.29 is 9.59 Å². The van der Waals surface area contributed by atoms with E-state index in [0.29, 0.717) is 0 Å². The van der Waals surface area contributed by atoms with E-state index in [9.17, 15) is 9.59 Å². The van der Waals surface area contributed by atoms with Crippen molar-refractivity contribution in [1.29, 1.82) is 0 Å². The fourth-order valence-corrected chi connectivity index (χ4v) is 14.7. The van der Waals surface area contributed by atoms with Gasteiger partial charge in [-0.2, -0.15) is 0 Å². The second-order valence-electron chi connectivity index (χ2n) is 11.0. The second kappa shape index (κ2) is 12.8. The molecule has 42 heavy (non-hydrogen) atoms. The van der Waals surface area contributed by atoms with Gasteiger partial charge >= 0.3 is 0 Å². The lowest BCUT2D eigenvalue weighted by atomic mass is 9.91. The maximum atomic E-state index is 13.4. The molecule has 5 aromatic rings. The van der Waals surface area contributed by atoms with Crippen LogP contribution >= 0.6 is 0 Å². The van der Waals surface area contributed by atoms with Gasteiger partial charge in [0.1, 0.15) is 0 Å². The first kappa shape index (κ1) is 29.9. The van der Waals surface area contributed by atoms with Gasteiger partial charge in [-0.1, -0.05) is 149 Å². The summed E-state index contributed by atoms with van der Waals surface area (Å²) in [6.07, 6.45) is 3.21. The Labute approximate surface area is 253 Å². The minimum absolute atomic E-state index is 0.721. The van der Waals surface area contributed by atoms with E-state index in [4.69, 9.17) is 0 Å². The summed E-state index contributed by atoms with van der Waals surface area (Å²) in [4.78, 5) is 26.9. The summed E-state index contributed by atoms with van der Waals surface area (Å²) in [5.74, 6) is 0. The van der Waals surface area contributed by atoms with Crippen LogP contribution in [-0.2, 0) is 25.7 Å². The molecule has 2 N–H and O–H groups in total. The van der Waals surface area contributed by atoms with Crippen molar-refractivity contribution in [2.45, 2.75) is 53.4 Å². The third kappa shape index (κ3) is 4.93. The summed E-state index contributed by atoms with van der Waals surface area (Å²) in [6, 6.07) is 41.1. The third-order valence-corrected chi connectivity index (χ3v) is 16.2. The average molecular weight is 587 g/mol. The van der Waals surface area contributed by atoms with Gasteiger partial charge in [0.15, 0.2) is 0 Å². The van der Waals surface area contributed by atoms with Gasteiger partial charge in [-0.05, 0) is 79.1 Å². The molecule has 0 fully saturated rings. The maximum Gasteiger partial charge on any atom is 0.286 e. The topological polar surface area (TPSA) is 40.5 Å². The van der Waals surface area contributed by atoms with Crippen molar-refractivity contribution >= 4 is 47.8 Å². The predicted molar refractivity (Wildman–Crippen MR) is 183 cm³/mol. The highest BCUT2D eigenvalue weighted by atomic mass is 28.4. The highest BCUT2D eigenvalue weighted by Crippen LogP contribution is 2.24. The van der Waals surface area contributed by atoms with Gasteiger partial charge in [-0.15, -0.1) is 0 Å². The summed E-state index contributed by atoms with van der Waals surface area (Å²) in [5, 5.41) is 6.05. The Morgan fingerprint density at radius 2 is 0.595 bits per heavy atom. The van der Waals surface area contributed by atoms with Crippen LogP contribution in [0.15, 0.2) is 121 Å². The molecule has 0 aliphatic carbocycles. The number of benzene rings is 5. The van der Waals surface area contributed by atoms with Gasteiger partial charge in [-0.3, -0.25) is 0 Å². The molecule has 0 saturated heterocycles. The zero-order valence-electron chi connectivity index (χ0n) is 25.3.